The van der Waals surface area contributed by atoms with Crippen LogP contribution in [0.3, 0.4) is 0 Å². The number of hydrogen-bond acceptors (Lipinski definition) is 3. The van der Waals surface area contributed by atoms with E-state index >= 15 is 0 Å². The Kier molecular flexibility index (Phi) is 10.3. The van der Waals surface area contributed by atoms with Gasteiger partial charge in [0.15, 0.2) is 5.96 Å². The smallest absolute Gasteiger partial charge is 0.411 e. The third-order valence-electron chi connectivity index (χ3n) is 3.53. The quantitative estimate of drug-likeness (QED) is 0.303. The number of methoxy groups -OCH3 is 1. The Morgan fingerprint density at radius 2 is 1.74 bits per heavy atom. The number of aliphatic imine (C=N–C) groups is 1. The lowest BCUT2D eigenvalue weighted by Gasteiger charge is -2.13. The zero-order valence-corrected chi connectivity index (χ0v) is 18.7. The van der Waals surface area contributed by atoms with Crippen LogP contribution in [0.15, 0.2) is 47.5 Å². The number of anilines is 1. The Bertz CT molecular complexity index is 785. The minimum atomic E-state index is -0.499. The molecule has 0 spiro atoms. The molecule has 0 saturated carbocycles. The first-order chi connectivity index (χ1) is 12.5. The average molecular weight is 523 g/mol. The molecule has 2 rings (SSSR count). The molecule has 9 heteroatoms. The molecule has 146 valence electrons. The van der Waals surface area contributed by atoms with E-state index in [-0.39, 0.29) is 24.0 Å². The number of ether oxygens (including phenoxy) is 1. The van der Waals surface area contributed by atoms with Gasteiger partial charge in [-0.2, -0.15) is 0 Å². The first-order valence-electron chi connectivity index (χ1n) is 7.84. The fourth-order valence-corrected chi connectivity index (χ4v) is 2.60. The van der Waals surface area contributed by atoms with Gasteiger partial charge in [-0.3, -0.25) is 10.3 Å². The summed E-state index contributed by atoms with van der Waals surface area (Å²) in [6, 6.07) is 12.8. The molecule has 0 aliphatic carbocycles. The van der Waals surface area contributed by atoms with Crippen molar-refractivity contribution in [1.29, 1.82) is 0 Å². The van der Waals surface area contributed by atoms with Gasteiger partial charge in [0.2, 0.25) is 0 Å². The molecule has 0 aliphatic rings. The maximum atomic E-state index is 11.2. The zero-order valence-electron chi connectivity index (χ0n) is 14.9. The third kappa shape index (κ3) is 7.82. The molecule has 0 aromatic heterocycles. The molecule has 3 N–H and O–H groups in total. The van der Waals surface area contributed by atoms with Gasteiger partial charge in [-0.05, 0) is 35.4 Å². The van der Waals surface area contributed by atoms with Crippen molar-refractivity contribution in [1.82, 2.24) is 10.6 Å². The highest BCUT2D eigenvalue weighted by atomic mass is 127. The van der Waals surface area contributed by atoms with Gasteiger partial charge in [0.05, 0.1) is 7.11 Å². The number of benzene rings is 2. The lowest BCUT2D eigenvalue weighted by Crippen LogP contribution is -2.36. The summed E-state index contributed by atoms with van der Waals surface area (Å²) < 4.78 is 4.55. The number of carbonyl (C=O) groups excluding carboxylic acids is 1. The summed E-state index contributed by atoms with van der Waals surface area (Å²) >= 11 is 12.1. The predicted octanol–water partition coefficient (Wildman–Crippen LogP) is 4.65. The molecular weight excluding hydrogens is 502 g/mol. The van der Waals surface area contributed by atoms with Crippen molar-refractivity contribution < 1.29 is 9.53 Å². The predicted molar refractivity (Wildman–Crippen MR) is 121 cm³/mol. The molecule has 0 radical (unpaired) electrons. The highest BCUT2D eigenvalue weighted by molar-refractivity contribution is 14.0. The maximum absolute atomic E-state index is 11.2. The van der Waals surface area contributed by atoms with E-state index in [1.54, 1.807) is 31.3 Å². The average Bonchev–Trinajstić information content (AvgIpc) is 2.64. The Morgan fingerprint density at radius 3 is 2.33 bits per heavy atom. The summed E-state index contributed by atoms with van der Waals surface area (Å²) in [6.45, 7) is 1.10. The second kappa shape index (κ2) is 11.9. The number of nitrogens with one attached hydrogen (secondary N) is 3. The van der Waals surface area contributed by atoms with Gasteiger partial charge in [-0.15, -0.1) is 24.0 Å². The highest BCUT2D eigenvalue weighted by Crippen LogP contribution is 2.20. The summed E-state index contributed by atoms with van der Waals surface area (Å²) in [6.07, 6.45) is -0.499. The molecule has 2 aromatic rings. The van der Waals surface area contributed by atoms with Gasteiger partial charge in [0.25, 0.3) is 0 Å². The summed E-state index contributed by atoms with van der Waals surface area (Å²) in [5, 5.41) is 10.2. The Morgan fingerprint density at radius 1 is 1.07 bits per heavy atom. The van der Waals surface area contributed by atoms with E-state index in [4.69, 9.17) is 23.2 Å². The van der Waals surface area contributed by atoms with E-state index in [0.29, 0.717) is 34.8 Å². The topological polar surface area (TPSA) is 74.8 Å². The molecular formula is C18H21Cl2IN4O2. The van der Waals surface area contributed by atoms with E-state index in [1.165, 1.54) is 7.11 Å². The monoisotopic (exact) mass is 522 g/mol. The second-order valence-corrected chi connectivity index (χ2v) is 6.17. The number of halogens is 3. The molecule has 0 saturated heterocycles. The first kappa shape index (κ1) is 23.3. The van der Waals surface area contributed by atoms with E-state index in [1.807, 2.05) is 18.2 Å². The van der Waals surface area contributed by atoms with Crippen molar-refractivity contribution >= 4 is 64.9 Å². The van der Waals surface area contributed by atoms with Crippen molar-refractivity contribution in [2.45, 2.75) is 13.1 Å². The van der Waals surface area contributed by atoms with Crippen molar-refractivity contribution in [3.05, 3.63) is 63.6 Å². The molecule has 2 aromatic carbocycles. The van der Waals surface area contributed by atoms with Crippen LogP contribution in [-0.2, 0) is 17.8 Å². The van der Waals surface area contributed by atoms with Crippen molar-refractivity contribution in [3.8, 4) is 0 Å². The van der Waals surface area contributed by atoms with E-state index in [0.717, 1.165) is 11.1 Å². The number of rotatable bonds is 5. The van der Waals surface area contributed by atoms with Crippen molar-refractivity contribution in [2.24, 2.45) is 4.99 Å². The molecule has 6 nitrogen and oxygen atoms in total. The highest BCUT2D eigenvalue weighted by Gasteiger charge is 2.04. The Labute approximate surface area is 185 Å². The maximum Gasteiger partial charge on any atom is 0.411 e. The van der Waals surface area contributed by atoms with Crippen molar-refractivity contribution in [3.63, 3.8) is 0 Å². The summed E-state index contributed by atoms with van der Waals surface area (Å²) in [5.74, 6) is 0.646. The zero-order chi connectivity index (χ0) is 18.9. The molecule has 1 amide bonds. The molecule has 0 fully saturated rings. The van der Waals surface area contributed by atoms with Crippen LogP contribution in [-0.4, -0.2) is 26.2 Å². The van der Waals surface area contributed by atoms with Crippen LogP contribution in [0.2, 0.25) is 10.0 Å². The van der Waals surface area contributed by atoms with Gasteiger partial charge < -0.3 is 15.4 Å². The van der Waals surface area contributed by atoms with Gasteiger partial charge in [0, 0.05) is 35.9 Å². The lowest BCUT2D eigenvalue weighted by molar-refractivity contribution is 0.187. The van der Waals surface area contributed by atoms with Crippen LogP contribution in [0.5, 0.6) is 0 Å². The molecule has 0 unspecified atom stereocenters. The van der Waals surface area contributed by atoms with Gasteiger partial charge in [-0.25, -0.2) is 4.79 Å². The number of guanidine groups is 1. The fourth-order valence-electron chi connectivity index (χ4n) is 2.13. The summed E-state index contributed by atoms with van der Waals surface area (Å²) in [4.78, 5) is 15.4. The van der Waals surface area contributed by atoms with Crippen LogP contribution in [0, 0.1) is 0 Å². The van der Waals surface area contributed by atoms with Crippen LogP contribution in [0.1, 0.15) is 11.1 Å². The van der Waals surface area contributed by atoms with E-state index in [2.05, 4.69) is 25.7 Å². The molecule has 27 heavy (non-hydrogen) atoms. The largest absolute Gasteiger partial charge is 0.453 e. The SMILES string of the molecule is CN=C(NCc1ccc(NC(=O)OC)cc1)NCc1ccc(Cl)cc1Cl.I. The van der Waals surface area contributed by atoms with Crippen molar-refractivity contribution in [2.75, 3.05) is 19.5 Å². The fraction of sp³-hybridized carbons (Fsp3) is 0.222. The normalized spacial score (nSPS) is 10.6. The molecule has 0 heterocycles. The van der Waals surface area contributed by atoms with Gasteiger partial charge in [0.1, 0.15) is 0 Å². The Hall–Kier alpha value is -1.71. The lowest BCUT2D eigenvalue weighted by atomic mass is 10.2. The van der Waals surface area contributed by atoms with E-state index in [9.17, 15) is 4.79 Å². The third-order valence-corrected chi connectivity index (χ3v) is 4.12. The van der Waals surface area contributed by atoms with Crippen LogP contribution in [0.25, 0.3) is 0 Å². The van der Waals surface area contributed by atoms with Gasteiger partial charge in [-0.1, -0.05) is 41.4 Å². The number of amides is 1. The van der Waals surface area contributed by atoms with Gasteiger partial charge >= 0.3 is 6.09 Å². The second-order valence-electron chi connectivity index (χ2n) is 5.33. The van der Waals surface area contributed by atoms with E-state index < -0.39 is 6.09 Å². The Balaban J connectivity index is 0.00000364. The summed E-state index contributed by atoms with van der Waals surface area (Å²) in [7, 11) is 3.02. The minimum Gasteiger partial charge on any atom is -0.453 e. The standard InChI is InChI=1S/C18H20Cl2N4O2.HI/c1-21-17(23-11-13-5-6-14(19)9-16(13)20)22-10-12-3-7-15(8-4-12)24-18(25)26-2;/h3-9H,10-11H2,1-2H3,(H,24,25)(H2,21,22,23);1H. The molecule has 0 atom stereocenters. The molecule has 0 bridgehead atoms. The van der Waals surface area contributed by atoms with Crippen LogP contribution in [0.4, 0.5) is 10.5 Å². The summed E-state index contributed by atoms with van der Waals surface area (Å²) in [5.41, 5.74) is 2.63. The first-order valence-corrected chi connectivity index (χ1v) is 8.59. The minimum absolute atomic E-state index is 0. The molecule has 0 aliphatic heterocycles. The van der Waals surface area contributed by atoms with Crippen LogP contribution < -0.4 is 16.0 Å². The number of hydrogen-bond donors (Lipinski definition) is 3. The van der Waals surface area contributed by atoms with Crippen LogP contribution >= 0.6 is 47.2 Å². The number of carbonyl (C=O) groups is 1. The number of nitrogens with zero attached hydrogens (tertiary/aromatic N) is 1.